The Labute approximate surface area is 418 Å². The molecule has 23 N–H and O–H groups in total. The smallest absolute Gasteiger partial charge is 0.352 e. The summed E-state index contributed by atoms with van der Waals surface area (Å²) in [6.07, 6.45) is 1.93. The Bertz CT molecular complexity index is 1890. The zero-order valence-corrected chi connectivity index (χ0v) is 41.2. The third-order valence-corrected chi connectivity index (χ3v) is 11.2. The fourth-order valence-electron chi connectivity index (χ4n) is 7.14. The van der Waals surface area contributed by atoms with Crippen LogP contribution in [0, 0.1) is 0 Å². The minimum Gasteiger partial charge on any atom is -0.477 e. The normalized spacial score (nSPS) is 16.2. The summed E-state index contributed by atoms with van der Waals surface area (Å²) in [7, 11) is 1.12. The lowest BCUT2D eigenvalue weighted by atomic mass is 10.0. The number of aliphatic hydroxyl groups excluding tert-OH is 1. The van der Waals surface area contributed by atoms with E-state index in [0.717, 1.165) is 7.11 Å². The van der Waals surface area contributed by atoms with E-state index in [-0.39, 0.29) is 83.5 Å². The molecule has 1 fully saturated rings. The molecule has 0 aliphatic carbocycles. The number of aliphatic hydroxyl groups is 1. The topological polar surface area (TPSA) is 502 Å². The molecule has 0 radical (unpaired) electrons. The number of esters is 1. The minimum atomic E-state index is -1.57. The molecule has 72 heavy (non-hydrogen) atoms. The number of ether oxygens (including phenoxy) is 1. The number of nitrogens with two attached hydrogens (primary N) is 7. The number of carbonyl (C=O) groups is 10. The van der Waals surface area contributed by atoms with E-state index in [1.807, 2.05) is 0 Å². The molecule has 29 nitrogen and oxygen atoms in total. The number of aliphatic imine (C=N–C) groups is 1. The zero-order valence-electron chi connectivity index (χ0n) is 41.2. The Kier molecular flexibility index (Phi) is 30.6. The number of carboxylic acid groups (broad SMARTS) is 1. The highest BCUT2D eigenvalue weighted by atomic mass is 16.5. The molecule has 0 aromatic rings. The number of carboxylic acids is 1. The van der Waals surface area contributed by atoms with Gasteiger partial charge in [0.05, 0.1) is 25.8 Å². The molecule has 0 bridgehead atoms. The molecule has 0 unspecified atom stereocenters. The van der Waals surface area contributed by atoms with Crippen LogP contribution in [-0.4, -0.2) is 182 Å². The molecule has 1 saturated heterocycles. The number of hydrogen-bond acceptors (Lipinski definition) is 18. The SMILES string of the molecule is COC(=O)CC[C@H](NC(=O)[C@@H]1CCCN1C(=O)[C@@H](CCCN)NC(=O)CNC(=O)[C@H](C)NC(=O)[C@@H](NC(=O)[C@@H](N)CCCCN)[C@@H](O)CN)C(=O)N[C@@H](CCCCN)C(=O)N/C(=C\CCN=C(N)N)C(=O)O. The zero-order chi connectivity index (χ0) is 54.3. The van der Waals surface area contributed by atoms with Crippen molar-refractivity contribution in [1.29, 1.82) is 0 Å². The Balaban J connectivity index is 3.19. The molecule has 0 spiro atoms. The fourth-order valence-corrected chi connectivity index (χ4v) is 7.14. The van der Waals surface area contributed by atoms with Crippen LogP contribution in [0.1, 0.15) is 90.4 Å². The number of amides is 8. The van der Waals surface area contributed by atoms with Gasteiger partial charge in [0, 0.05) is 26.1 Å². The molecule has 1 heterocycles. The van der Waals surface area contributed by atoms with E-state index in [1.165, 1.54) is 17.9 Å². The van der Waals surface area contributed by atoms with Crippen LogP contribution in [0.3, 0.4) is 0 Å². The molecule has 8 atom stereocenters. The predicted molar refractivity (Wildman–Crippen MR) is 261 cm³/mol. The number of unbranched alkanes of at least 4 members (excludes halogenated alkanes) is 2. The first-order chi connectivity index (χ1) is 34.1. The van der Waals surface area contributed by atoms with E-state index in [4.69, 9.17) is 44.9 Å². The average molecular weight is 1030 g/mol. The number of rotatable bonds is 35. The molecule has 1 rings (SSSR count). The van der Waals surface area contributed by atoms with Crippen molar-refractivity contribution in [3.05, 3.63) is 11.8 Å². The molecule has 8 amide bonds. The van der Waals surface area contributed by atoms with Crippen molar-refractivity contribution < 1.29 is 62.9 Å². The maximum atomic E-state index is 14.1. The van der Waals surface area contributed by atoms with Crippen molar-refractivity contribution in [2.75, 3.05) is 52.9 Å². The second-order valence-corrected chi connectivity index (χ2v) is 16.9. The van der Waals surface area contributed by atoms with Crippen LogP contribution in [0.25, 0.3) is 0 Å². The lowest BCUT2D eigenvalue weighted by Crippen LogP contribution is -2.60. The maximum Gasteiger partial charge on any atom is 0.352 e. The highest BCUT2D eigenvalue weighted by Gasteiger charge is 2.39. The number of hydrogen-bond donors (Lipinski definition) is 16. The van der Waals surface area contributed by atoms with Gasteiger partial charge in [-0.3, -0.25) is 48.1 Å². The number of nitrogens with one attached hydrogen (secondary N) is 7. The van der Waals surface area contributed by atoms with E-state index < -0.39 is 126 Å². The van der Waals surface area contributed by atoms with Crippen molar-refractivity contribution >= 4 is 65.2 Å². The Morgan fingerprint density at radius 2 is 1.38 bits per heavy atom. The maximum absolute atomic E-state index is 14.1. The summed E-state index contributed by atoms with van der Waals surface area (Å²) in [5.41, 5.74) is 38.4. The van der Waals surface area contributed by atoms with Crippen molar-refractivity contribution in [2.45, 2.75) is 139 Å². The van der Waals surface area contributed by atoms with Crippen molar-refractivity contribution in [3.8, 4) is 0 Å². The summed E-state index contributed by atoms with van der Waals surface area (Å²) in [5.74, 6) is -9.11. The van der Waals surface area contributed by atoms with Crippen LogP contribution >= 0.6 is 0 Å². The van der Waals surface area contributed by atoms with Gasteiger partial charge >= 0.3 is 11.9 Å². The molecule has 29 heteroatoms. The predicted octanol–water partition coefficient (Wildman–Crippen LogP) is -7.12. The van der Waals surface area contributed by atoms with Gasteiger partial charge in [-0.25, -0.2) is 4.79 Å². The van der Waals surface area contributed by atoms with Gasteiger partial charge in [-0.15, -0.1) is 0 Å². The molecular formula is C43H78N16O13. The Morgan fingerprint density at radius 1 is 0.750 bits per heavy atom. The van der Waals surface area contributed by atoms with Crippen LogP contribution in [0.15, 0.2) is 16.8 Å². The Hall–Kier alpha value is -6.53. The van der Waals surface area contributed by atoms with E-state index in [2.05, 4.69) is 42.2 Å². The fraction of sp³-hybridized carbons (Fsp3) is 0.698. The van der Waals surface area contributed by atoms with Crippen molar-refractivity contribution in [2.24, 2.45) is 45.1 Å². The summed E-state index contributed by atoms with van der Waals surface area (Å²) < 4.78 is 4.73. The van der Waals surface area contributed by atoms with Gasteiger partial charge in [0.25, 0.3) is 0 Å². The van der Waals surface area contributed by atoms with Crippen LogP contribution in [-0.2, 0) is 52.7 Å². The molecule has 1 aliphatic rings. The van der Waals surface area contributed by atoms with Gasteiger partial charge in [-0.05, 0) is 97.2 Å². The van der Waals surface area contributed by atoms with Crippen LogP contribution in [0.2, 0.25) is 0 Å². The summed E-state index contributed by atoms with van der Waals surface area (Å²) >= 11 is 0. The lowest BCUT2D eigenvalue weighted by molar-refractivity contribution is -0.143. The van der Waals surface area contributed by atoms with Gasteiger partial charge in [0.15, 0.2) is 5.96 Å². The number of nitrogens with zero attached hydrogens (tertiary/aromatic N) is 2. The lowest BCUT2D eigenvalue weighted by Gasteiger charge is -2.30. The Morgan fingerprint density at radius 3 is 1.97 bits per heavy atom. The van der Waals surface area contributed by atoms with Crippen LogP contribution < -0.4 is 77.4 Å². The summed E-state index contributed by atoms with van der Waals surface area (Å²) in [4.78, 5) is 137. The molecule has 1 aliphatic heterocycles. The summed E-state index contributed by atoms with van der Waals surface area (Å²) in [6.45, 7) is 1.03. The largest absolute Gasteiger partial charge is 0.477 e. The van der Waals surface area contributed by atoms with E-state index in [9.17, 15) is 58.2 Å². The monoisotopic (exact) mass is 1030 g/mol. The quantitative estimate of drug-likeness (QED) is 0.00922. The number of likely N-dealkylation sites (tertiary alicyclic amines) is 1. The second kappa shape index (κ2) is 34.7. The van der Waals surface area contributed by atoms with Gasteiger partial charge in [0.1, 0.15) is 41.9 Å². The minimum absolute atomic E-state index is 0.00169. The van der Waals surface area contributed by atoms with Crippen molar-refractivity contribution in [1.82, 2.24) is 42.1 Å². The number of carbonyl (C=O) groups excluding carboxylic acids is 9. The van der Waals surface area contributed by atoms with Gasteiger partial charge in [0.2, 0.25) is 47.3 Å². The number of methoxy groups -OCH3 is 1. The summed E-state index contributed by atoms with van der Waals surface area (Å²) in [6, 6.07) is -9.11. The first-order valence-electron chi connectivity index (χ1n) is 23.8. The molecule has 0 aromatic carbocycles. The summed E-state index contributed by atoms with van der Waals surface area (Å²) in [5, 5.41) is 37.1. The highest BCUT2D eigenvalue weighted by Crippen LogP contribution is 2.20. The molecule has 408 valence electrons. The van der Waals surface area contributed by atoms with Gasteiger partial charge in [-0.2, -0.15) is 0 Å². The molecule has 0 aromatic heterocycles. The van der Waals surface area contributed by atoms with E-state index >= 15 is 0 Å². The van der Waals surface area contributed by atoms with Crippen LogP contribution in [0.5, 0.6) is 0 Å². The third-order valence-electron chi connectivity index (χ3n) is 11.2. The average Bonchev–Trinajstić information content (AvgIpc) is 3.85. The molecular weight excluding hydrogens is 949 g/mol. The van der Waals surface area contributed by atoms with E-state index in [0.29, 0.717) is 38.6 Å². The molecule has 0 saturated carbocycles. The number of guanidine groups is 1. The third kappa shape index (κ3) is 23.6. The standard InChI is InChI=1S/C43H78N16O13/c1-24(53-40(68)34(31(60)22-47)58-36(64)25(48)10-3-5-17-44)35(63)52-23-32(61)54-28(12-7-19-46)41(69)59-21-9-14-30(59)39(67)56-27(15-16-33(62)72-2)38(66)55-26(11-4-6-18-45)37(65)57-29(42(70)71)13-8-20-51-43(49)50/h13,24-28,30-31,34,60H,3-12,14-23,44-48H2,1-2H3,(H,52,63)(H,53,68)(H,54,61)(H,55,66)(H,56,67)(H,57,65)(H,58,64)(H,70,71)(H4,49,50,51)/b29-13-/t24-,25-,26-,27-,28+,30-,31-,34-/m0/s1. The number of aliphatic carboxylic acids is 1. The van der Waals surface area contributed by atoms with Crippen LogP contribution in [0.4, 0.5) is 0 Å². The first kappa shape index (κ1) is 63.5. The van der Waals surface area contributed by atoms with Crippen molar-refractivity contribution in [3.63, 3.8) is 0 Å². The first-order valence-corrected chi connectivity index (χ1v) is 23.8. The van der Waals surface area contributed by atoms with E-state index in [1.54, 1.807) is 0 Å². The van der Waals surface area contributed by atoms with Gasteiger partial charge < -0.3 is 97.2 Å². The second-order valence-electron chi connectivity index (χ2n) is 16.9. The van der Waals surface area contributed by atoms with Gasteiger partial charge in [-0.1, -0.05) is 12.5 Å². The highest BCUT2D eigenvalue weighted by molar-refractivity contribution is 5.99.